The number of aromatic amines is 1. The predicted octanol–water partition coefficient (Wildman–Crippen LogP) is 4.41. The molecule has 18 heavy (non-hydrogen) atoms. The first-order chi connectivity index (χ1) is 8.43. The summed E-state index contributed by atoms with van der Waals surface area (Å²) in [7, 11) is 0. The number of H-pyrrole nitrogens is 1. The highest BCUT2D eigenvalue weighted by molar-refractivity contribution is 9.10. The van der Waals surface area contributed by atoms with E-state index in [1.165, 1.54) is 0 Å². The highest BCUT2D eigenvalue weighted by Crippen LogP contribution is 2.36. The van der Waals surface area contributed by atoms with Gasteiger partial charge in [0, 0.05) is 21.8 Å². The van der Waals surface area contributed by atoms with Crippen LogP contribution in [0.5, 0.6) is 0 Å². The number of aryl methyl sites for hydroxylation is 1. The number of halogens is 4. The predicted molar refractivity (Wildman–Crippen MR) is 64.9 cm³/mol. The van der Waals surface area contributed by atoms with E-state index in [1.54, 1.807) is 18.2 Å². The molecule has 1 heterocycles. The van der Waals surface area contributed by atoms with Crippen LogP contribution >= 0.6 is 15.9 Å². The Kier molecular flexibility index (Phi) is 3.35. The lowest BCUT2D eigenvalue weighted by atomic mass is 10.1. The Bertz CT molecular complexity index is 623. The smallest absolute Gasteiger partial charge is 0.351 e. The summed E-state index contributed by atoms with van der Waals surface area (Å²) in [5, 5.41) is 9.04. The van der Waals surface area contributed by atoms with Crippen molar-refractivity contribution >= 4 is 26.8 Å². The van der Waals surface area contributed by atoms with Gasteiger partial charge in [-0.05, 0) is 24.1 Å². The summed E-state index contributed by atoms with van der Waals surface area (Å²) in [6.07, 6.45) is -4.28. The zero-order chi connectivity index (χ0) is 13.3. The Balaban J connectivity index is 2.65. The summed E-state index contributed by atoms with van der Waals surface area (Å²) in [4.78, 5) is 2.39. The fraction of sp³-hybridized carbons (Fsp3) is 0.250. The first-order valence-corrected chi connectivity index (χ1v) is 5.97. The summed E-state index contributed by atoms with van der Waals surface area (Å²) in [6.45, 7) is 0. The Morgan fingerprint density at radius 2 is 2.06 bits per heavy atom. The van der Waals surface area contributed by atoms with Crippen molar-refractivity contribution in [2.24, 2.45) is 0 Å². The highest BCUT2D eigenvalue weighted by Gasteiger charge is 2.36. The van der Waals surface area contributed by atoms with Gasteiger partial charge in [-0.25, -0.2) is 0 Å². The minimum atomic E-state index is -4.43. The lowest BCUT2D eigenvalue weighted by Gasteiger charge is -2.06. The van der Waals surface area contributed by atoms with Gasteiger partial charge in [0.1, 0.15) is 5.69 Å². The summed E-state index contributed by atoms with van der Waals surface area (Å²) in [5.41, 5.74) is -0.179. The van der Waals surface area contributed by atoms with E-state index in [0.717, 1.165) is 0 Å². The normalized spacial score (nSPS) is 11.7. The largest absolute Gasteiger partial charge is 0.431 e. The number of aromatic nitrogens is 1. The van der Waals surface area contributed by atoms with E-state index in [4.69, 9.17) is 5.26 Å². The van der Waals surface area contributed by atoms with Crippen molar-refractivity contribution in [1.29, 1.82) is 5.26 Å². The van der Waals surface area contributed by atoms with E-state index in [1.807, 2.05) is 6.07 Å². The van der Waals surface area contributed by atoms with E-state index >= 15 is 0 Å². The molecule has 0 saturated heterocycles. The topological polar surface area (TPSA) is 39.6 Å². The van der Waals surface area contributed by atoms with Crippen molar-refractivity contribution in [2.45, 2.75) is 19.0 Å². The summed E-state index contributed by atoms with van der Waals surface area (Å²) in [5.74, 6) is 0. The van der Waals surface area contributed by atoms with E-state index in [9.17, 15) is 13.2 Å². The average Bonchev–Trinajstić information content (AvgIpc) is 2.63. The number of hydrogen-bond acceptors (Lipinski definition) is 1. The number of benzene rings is 1. The van der Waals surface area contributed by atoms with Crippen LogP contribution in [0.3, 0.4) is 0 Å². The Hall–Kier alpha value is -1.48. The van der Waals surface area contributed by atoms with Crippen molar-refractivity contribution in [2.75, 3.05) is 0 Å². The van der Waals surface area contributed by atoms with Crippen molar-refractivity contribution in [1.82, 2.24) is 4.98 Å². The minimum Gasteiger partial charge on any atom is -0.351 e. The number of fused-ring (bicyclic) bond motifs is 1. The molecule has 6 heteroatoms. The molecular formula is C12H8BrF3N2. The third-order valence-electron chi connectivity index (χ3n) is 2.64. The number of nitrogens with one attached hydrogen (secondary N) is 1. The third-order valence-corrected chi connectivity index (χ3v) is 3.13. The van der Waals surface area contributed by atoms with E-state index in [0.29, 0.717) is 15.4 Å². The molecule has 0 spiro atoms. The second-order valence-electron chi connectivity index (χ2n) is 3.82. The number of nitriles is 1. The van der Waals surface area contributed by atoms with E-state index < -0.39 is 11.9 Å². The maximum Gasteiger partial charge on any atom is 0.431 e. The molecule has 1 aromatic heterocycles. The van der Waals surface area contributed by atoms with Gasteiger partial charge in [0.2, 0.25) is 0 Å². The fourth-order valence-electron chi connectivity index (χ4n) is 1.91. The van der Waals surface area contributed by atoms with Gasteiger partial charge >= 0.3 is 6.18 Å². The second kappa shape index (κ2) is 4.65. The first kappa shape index (κ1) is 13.0. The van der Waals surface area contributed by atoms with Gasteiger partial charge in [0.15, 0.2) is 0 Å². The molecule has 0 fully saturated rings. The van der Waals surface area contributed by atoms with Gasteiger partial charge in [0.25, 0.3) is 0 Å². The van der Waals surface area contributed by atoms with Gasteiger partial charge in [-0.3, -0.25) is 0 Å². The van der Waals surface area contributed by atoms with Crippen molar-refractivity contribution in [3.63, 3.8) is 0 Å². The van der Waals surface area contributed by atoms with Crippen molar-refractivity contribution in [3.8, 4) is 6.07 Å². The molecule has 1 N–H and O–H groups in total. The van der Waals surface area contributed by atoms with Crippen LogP contribution in [0.25, 0.3) is 10.9 Å². The third kappa shape index (κ3) is 2.36. The SMILES string of the molecule is N#CCCc1c(C(F)(F)F)[nH]c2cc(Br)ccc12. The van der Waals surface area contributed by atoms with Crippen LogP contribution in [-0.4, -0.2) is 4.98 Å². The van der Waals surface area contributed by atoms with Crippen molar-refractivity contribution < 1.29 is 13.2 Å². The zero-order valence-corrected chi connectivity index (χ0v) is 10.7. The lowest BCUT2D eigenvalue weighted by molar-refractivity contribution is -0.141. The highest BCUT2D eigenvalue weighted by atomic mass is 79.9. The molecule has 0 radical (unpaired) electrons. The molecule has 0 saturated carbocycles. The van der Waals surface area contributed by atoms with Gasteiger partial charge in [-0.1, -0.05) is 22.0 Å². The summed E-state index contributed by atoms with van der Waals surface area (Å²) >= 11 is 3.22. The molecular weight excluding hydrogens is 309 g/mol. The van der Waals surface area contributed by atoms with Gasteiger partial charge in [-0.2, -0.15) is 18.4 Å². The average molecular weight is 317 g/mol. The van der Waals surface area contributed by atoms with E-state index in [-0.39, 0.29) is 18.4 Å². The summed E-state index contributed by atoms with van der Waals surface area (Å²) < 4.78 is 39.4. The minimum absolute atomic E-state index is 0.0616. The quantitative estimate of drug-likeness (QED) is 0.876. The van der Waals surface area contributed by atoms with Crippen LogP contribution in [0.1, 0.15) is 17.7 Å². The fourth-order valence-corrected chi connectivity index (χ4v) is 2.27. The molecule has 0 aliphatic rings. The second-order valence-corrected chi connectivity index (χ2v) is 4.74. The molecule has 94 valence electrons. The Morgan fingerprint density at radius 3 is 2.67 bits per heavy atom. The van der Waals surface area contributed by atoms with Crippen LogP contribution in [0.2, 0.25) is 0 Å². The number of hydrogen-bond donors (Lipinski definition) is 1. The van der Waals surface area contributed by atoms with Gasteiger partial charge in [-0.15, -0.1) is 0 Å². The molecule has 0 aliphatic heterocycles. The van der Waals surface area contributed by atoms with Crippen molar-refractivity contribution in [3.05, 3.63) is 33.9 Å². The van der Waals surface area contributed by atoms with Gasteiger partial charge < -0.3 is 4.98 Å². The first-order valence-electron chi connectivity index (χ1n) is 5.17. The molecule has 2 nitrogen and oxygen atoms in total. The van der Waals surface area contributed by atoms with E-state index in [2.05, 4.69) is 20.9 Å². The van der Waals surface area contributed by atoms with Crippen LogP contribution in [0, 0.1) is 11.3 Å². The van der Waals surface area contributed by atoms with Crippen LogP contribution < -0.4 is 0 Å². The molecule has 1 aromatic carbocycles. The monoisotopic (exact) mass is 316 g/mol. The molecule has 0 bridgehead atoms. The molecule has 0 amide bonds. The summed E-state index contributed by atoms with van der Waals surface area (Å²) in [6, 6.07) is 6.78. The Labute approximate surface area is 110 Å². The molecule has 0 aliphatic carbocycles. The molecule has 0 atom stereocenters. The van der Waals surface area contributed by atoms with Gasteiger partial charge in [0.05, 0.1) is 6.07 Å². The lowest BCUT2D eigenvalue weighted by Crippen LogP contribution is -2.08. The standard InChI is InChI=1S/C12H8BrF3N2/c13-7-3-4-8-9(2-1-5-17)11(12(14,15)16)18-10(8)6-7/h3-4,6,18H,1-2H2. The number of alkyl halides is 3. The van der Waals surface area contributed by atoms with Crippen LogP contribution in [-0.2, 0) is 12.6 Å². The Morgan fingerprint density at radius 1 is 1.33 bits per heavy atom. The maximum atomic E-state index is 12.9. The molecule has 2 aromatic rings. The molecule has 0 unspecified atom stereocenters. The zero-order valence-electron chi connectivity index (χ0n) is 9.11. The molecule has 2 rings (SSSR count). The number of nitrogens with zero attached hydrogens (tertiary/aromatic N) is 1. The maximum absolute atomic E-state index is 12.9. The number of rotatable bonds is 2. The van der Waals surface area contributed by atoms with Crippen LogP contribution in [0.15, 0.2) is 22.7 Å². The van der Waals surface area contributed by atoms with Crippen LogP contribution in [0.4, 0.5) is 13.2 Å².